The predicted molar refractivity (Wildman–Crippen MR) is 58.7 cm³/mol. The third kappa shape index (κ3) is 4.00. The molecular formula is C10H8O7S. The first kappa shape index (κ1) is 13.9. The molecule has 96 valence electrons. The van der Waals surface area contributed by atoms with E-state index in [0.29, 0.717) is 12.2 Å². The summed E-state index contributed by atoms with van der Waals surface area (Å²) in [5.74, 6) is -2.82. The molecule has 0 atom stereocenters. The van der Waals surface area contributed by atoms with E-state index in [-0.39, 0.29) is 5.75 Å². The van der Waals surface area contributed by atoms with Crippen molar-refractivity contribution in [2.75, 3.05) is 0 Å². The molecule has 18 heavy (non-hydrogen) atoms. The van der Waals surface area contributed by atoms with E-state index in [9.17, 15) is 18.0 Å². The lowest BCUT2D eigenvalue weighted by Gasteiger charge is -2.05. The molecule has 0 aliphatic rings. The molecule has 0 fully saturated rings. The fraction of sp³-hybridized carbons (Fsp3) is 0. The summed E-state index contributed by atoms with van der Waals surface area (Å²) in [7, 11) is -4.53. The average Bonchev–Trinajstić information content (AvgIpc) is 2.25. The number of hydrogen-bond donors (Lipinski definition) is 2. The number of hydrogen-bond acceptors (Lipinski definition) is 5. The number of carboxylic acid groups (broad SMARTS) is 1. The van der Waals surface area contributed by atoms with Gasteiger partial charge in [-0.05, 0) is 12.1 Å². The Labute approximate surface area is 102 Å². The van der Waals surface area contributed by atoms with E-state index in [4.69, 9.17) is 9.66 Å². The predicted octanol–water partition coefficient (Wildman–Crippen LogP) is 0.479. The van der Waals surface area contributed by atoms with E-state index < -0.39 is 27.0 Å². The summed E-state index contributed by atoms with van der Waals surface area (Å²) < 4.78 is 35.4. The van der Waals surface area contributed by atoms with Gasteiger partial charge in [0.2, 0.25) is 0 Å². The number of carbonyl (C=O) groups is 2. The molecule has 1 aromatic rings. The Morgan fingerprint density at radius 1 is 1.17 bits per heavy atom. The highest BCUT2D eigenvalue weighted by Gasteiger charge is 2.17. The van der Waals surface area contributed by atoms with E-state index in [1.165, 1.54) is 12.1 Å². The topological polar surface area (TPSA) is 118 Å². The van der Waals surface area contributed by atoms with Crippen molar-refractivity contribution in [3.05, 3.63) is 36.4 Å². The number of benzene rings is 1. The maximum atomic E-state index is 11.1. The quantitative estimate of drug-likeness (QED) is 0.354. The van der Waals surface area contributed by atoms with Gasteiger partial charge in [-0.25, -0.2) is 9.59 Å². The molecule has 0 unspecified atom stereocenters. The first-order valence-corrected chi connectivity index (χ1v) is 5.94. The average molecular weight is 272 g/mol. The molecule has 0 aliphatic heterocycles. The van der Waals surface area contributed by atoms with Crippen LogP contribution in [0.3, 0.4) is 0 Å². The summed E-state index contributed by atoms with van der Waals surface area (Å²) in [5, 5.41) is 8.28. The van der Waals surface area contributed by atoms with Crippen LogP contribution in [0.4, 0.5) is 0 Å². The van der Waals surface area contributed by atoms with Crippen LogP contribution in [-0.4, -0.2) is 30.0 Å². The van der Waals surface area contributed by atoms with E-state index in [1.54, 1.807) is 0 Å². The van der Waals surface area contributed by atoms with E-state index in [0.717, 1.165) is 12.1 Å². The monoisotopic (exact) mass is 272 g/mol. The van der Waals surface area contributed by atoms with Gasteiger partial charge in [-0.15, -0.1) is 0 Å². The van der Waals surface area contributed by atoms with Crippen molar-refractivity contribution >= 4 is 22.1 Å². The highest BCUT2D eigenvalue weighted by molar-refractivity contribution is 7.86. The van der Waals surface area contributed by atoms with Gasteiger partial charge in [-0.1, -0.05) is 12.1 Å². The smallest absolute Gasteiger partial charge is 0.336 e. The zero-order valence-corrected chi connectivity index (χ0v) is 9.62. The van der Waals surface area contributed by atoms with Crippen molar-refractivity contribution in [1.29, 1.82) is 0 Å². The molecular weight excluding hydrogens is 264 g/mol. The van der Waals surface area contributed by atoms with Crippen molar-refractivity contribution in [2.24, 2.45) is 0 Å². The molecule has 0 saturated heterocycles. The first-order valence-electron chi connectivity index (χ1n) is 4.50. The summed E-state index contributed by atoms with van der Waals surface area (Å²) in [6, 6.07) is 4.90. The Hall–Kier alpha value is -2.19. The lowest BCUT2D eigenvalue weighted by Crippen LogP contribution is -2.09. The van der Waals surface area contributed by atoms with Crippen molar-refractivity contribution in [3.8, 4) is 5.75 Å². The third-order valence-electron chi connectivity index (χ3n) is 1.70. The van der Waals surface area contributed by atoms with Crippen molar-refractivity contribution < 1.29 is 32.4 Å². The molecule has 8 heteroatoms. The van der Waals surface area contributed by atoms with Crippen LogP contribution in [0.25, 0.3) is 0 Å². The largest absolute Gasteiger partial charge is 0.478 e. The second-order valence-electron chi connectivity index (χ2n) is 3.01. The van der Waals surface area contributed by atoms with Crippen molar-refractivity contribution in [1.82, 2.24) is 0 Å². The van der Waals surface area contributed by atoms with Gasteiger partial charge >= 0.3 is 11.9 Å². The summed E-state index contributed by atoms with van der Waals surface area (Å²) in [5.41, 5.74) is 0. The summed E-state index contributed by atoms with van der Waals surface area (Å²) >= 11 is 0. The summed E-state index contributed by atoms with van der Waals surface area (Å²) in [6.45, 7) is 0. The zero-order valence-electron chi connectivity index (χ0n) is 8.81. The molecule has 0 spiro atoms. The third-order valence-corrected chi connectivity index (χ3v) is 2.59. The number of carboxylic acids is 1. The van der Waals surface area contributed by atoms with Gasteiger partial charge in [0, 0.05) is 12.2 Å². The first-order chi connectivity index (χ1) is 8.30. The number of rotatable bonds is 4. The van der Waals surface area contributed by atoms with Crippen LogP contribution in [-0.2, 0) is 19.7 Å². The number of carbonyl (C=O) groups excluding carboxylic acids is 1. The lowest BCUT2D eigenvalue weighted by molar-refractivity contribution is -0.133. The molecule has 0 bridgehead atoms. The second-order valence-corrected chi connectivity index (χ2v) is 4.40. The van der Waals surface area contributed by atoms with Crippen LogP contribution in [0.2, 0.25) is 0 Å². The van der Waals surface area contributed by atoms with Crippen LogP contribution in [0.1, 0.15) is 0 Å². The Morgan fingerprint density at radius 2 is 1.78 bits per heavy atom. The number of esters is 1. The molecule has 1 rings (SSSR count). The van der Waals surface area contributed by atoms with Gasteiger partial charge in [-0.3, -0.25) is 4.55 Å². The highest BCUT2D eigenvalue weighted by Crippen LogP contribution is 2.22. The Kier molecular flexibility index (Phi) is 4.18. The minimum Gasteiger partial charge on any atom is -0.478 e. The molecule has 1 aromatic carbocycles. The zero-order chi connectivity index (χ0) is 13.8. The SMILES string of the molecule is O=C(O)/C=C\C(=O)Oc1ccccc1S(=O)(=O)O. The minimum absolute atomic E-state index is 0.389. The number of aliphatic carboxylic acids is 1. The van der Waals surface area contributed by atoms with Crippen LogP contribution < -0.4 is 4.74 Å². The van der Waals surface area contributed by atoms with Crippen LogP contribution in [0.15, 0.2) is 41.3 Å². The second kappa shape index (κ2) is 5.43. The molecule has 0 heterocycles. The molecule has 0 radical (unpaired) electrons. The number of ether oxygens (including phenoxy) is 1. The van der Waals surface area contributed by atoms with E-state index >= 15 is 0 Å². The van der Waals surface area contributed by atoms with Gasteiger partial charge in [0.1, 0.15) is 4.90 Å². The van der Waals surface area contributed by atoms with E-state index in [1.807, 2.05) is 0 Å². The molecule has 0 saturated carbocycles. The van der Waals surface area contributed by atoms with E-state index in [2.05, 4.69) is 4.74 Å². The fourth-order valence-electron chi connectivity index (χ4n) is 1.03. The van der Waals surface area contributed by atoms with Gasteiger partial charge in [0.15, 0.2) is 5.75 Å². The van der Waals surface area contributed by atoms with Gasteiger partial charge in [0.05, 0.1) is 0 Å². The molecule has 0 aromatic heterocycles. The minimum atomic E-state index is -4.53. The maximum Gasteiger partial charge on any atom is 0.336 e. The summed E-state index contributed by atoms with van der Waals surface area (Å²) in [4.78, 5) is 20.7. The molecule has 7 nitrogen and oxygen atoms in total. The van der Waals surface area contributed by atoms with Crippen LogP contribution >= 0.6 is 0 Å². The van der Waals surface area contributed by atoms with Crippen molar-refractivity contribution in [3.63, 3.8) is 0 Å². The van der Waals surface area contributed by atoms with Gasteiger partial charge in [0.25, 0.3) is 10.1 Å². The summed E-state index contributed by atoms with van der Waals surface area (Å²) in [6.07, 6.45) is 1.15. The molecule has 0 aliphatic carbocycles. The normalized spacial score (nSPS) is 11.4. The molecule has 0 amide bonds. The molecule has 2 N–H and O–H groups in total. The fourth-order valence-corrected chi connectivity index (χ4v) is 1.64. The standard InChI is InChI=1S/C10H8O7S/c11-9(12)5-6-10(13)17-7-3-1-2-4-8(7)18(14,15)16/h1-6H,(H,11,12)(H,14,15,16)/b6-5-. The Morgan fingerprint density at radius 3 is 2.33 bits per heavy atom. The Bertz CT molecular complexity index is 600. The lowest BCUT2D eigenvalue weighted by atomic mass is 10.3. The van der Waals surface area contributed by atoms with Gasteiger partial charge in [-0.2, -0.15) is 8.42 Å². The highest BCUT2D eigenvalue weighted by atomic mass is 32.2. The van der Waals surface area contributed by atoms with Crippen LogP contribution in [0, 0.1) is 0 Å². The van der Waals surface area contributed by atoms with Gasteiger partial charge < -0.3 is 9.84 Å². The number of para-hydroxylation sites is 1. The van der Waals surface area contributed by atoms with Crippen molar-refractivity contribution in [2.45, 2.75) is 4.90 Å². The maximum absolute atomic E-state index is 11.1. The van der Waals surface area contributed by atoms with Crippen LogP contribution in [0.5, 0.6) is 5.75 Å². The Balaban J connectivity index is 2.99.